The molecule has 136 valence electrons. The van der Waals surface area contributed by atoms with E-state index in [0.717, 1.165) is 24.2 Å². The van der Waals surface area contributed by atoms with Crippen molar-refractivity contribution in [1.82, 2.24) is 4.90 Å². The number of nitrogens with zero attached hydrogens (tertiary/aromatic N) is 3. The van der Waals surface area contributed by atoms with E-state index in [1.165, 1.54) is 55.6 Å². The van der Waals surface area contributed by atoms with Gasteiger partial charge in [0.15, 0.2) is 0 Å². The van der Waals surface area contributed by atoms with Crippen molar-refractivity contribution in [3.8, 4) is 0 Å². The lowest BCUT2D eigenvalue weighted by molar-refractivity contribution is 0.264. The lowest BCUT2D eigenvalue weighted by Gasteiger charge is -2.31. The first-order valence-electron chi connectivity index (χ1n) is 9.86. The summed E-state index contributed by atoms with van der Waals surface area (Å²) in [5.41, 5.74) is 6.14. The van der Waals surface area contributed by atoms with Crippen molar-refractivity contribution in [3.63, 3.8) is 0 Å². The van der Waals surface area contributed by atoms with Crippen LogP contribution in [0.25, 0.3) is 0 Å². The highest BCUT2D eigenvalue weighted by atomic mass is 15.1. The molecule has 0 radical (unpaired) electrons. The van der Waals surface area contributed by atoms with Gasteiger partial charge in [0.25, 0.3) is 0 Å². The summed E-state index contributed by atoms with van der Waals surface area (Å²) in [5.74, 6) is 0. The van der Waals surface area contributed by atoms with Crippen LogP contribution < -0.4 is 5.32 Å². The van der Waals surface area contributed by atoms with Crippen LogP contribution >= 0.6 is 0 Å². The van der Waals surface area contributed by atoms with Crippen LogP contribution in [0.5, 0.6) is 0 Å². The van der Waals surface area contributed by atoms with E-state index >= 15 is 0 Å². The van der Waals surface area contributed by atoms with E-state index in [9.17, 15) is 0 Å². The maximum Gasteiger partial charge on any atom is 0.0893 e. The van der Waals surface area contributed by atoms with E-state index in [4.69, 9.17) is 0 Å². The lowest BCUT2D eigenvalue weighted by Crippen LogP contribution is -2.37. The smallest absolute Gasteiger partial charge is 0.0893 e. The zero-order valence-corrected chi connectivity index (χ0v) is 15.6. The van der Waals surface area contributed by atoms with Crippen LogP contribution in [0.4, 0.5) is 17.1 Å². The molecule has 4 rings (SSSR count). The molecule has 26 heavy (non-hydrogen) atoms. The van der Waals surface area contributed by atoms with Crippen LogP contribution in [0.3, 0.4) is 0 Å². The Morgan fingerprint density at radius 3 is 2.38 bits per heavy atom. The number of anilines is 1. The molecule has 0 spiro atoms. The zero-order valence-electron chi connectivity index (χ0n) is 15.6. The van der Waals surface area contributed by atoms with Gasteiger partial charge >= 0.3 is 0 Å². The lowest BCUT2D eigenvalue weighted by atomic mass is 9.88. The largest absolute Gasteiger partial charge is 0.382 e. The number of benzene rings is 2. The summed E-state index contributed by atoms with van der Waals surface area (Å²) < 4.78 is 0. The predicted octanol–water partition coefficient (Wildman–Crippen LogP) is 5.49. The molecule has 0 bridgehead atoms. The second kappa shape index (κ2) is 8.00. The summed E-state index contributed by atoms with van der Waals surface area (Å²) in [6, 6.07) is 14.9. The number of rotatable bonds is 4. The number of piperidine rings is 1. The molecule has 1 aliphatic heterocycles. The standard InChI is InChI=1S/C22H28N4/c1-26-15-13-17(14-16-26)23-21-11-12-22(20-10-6-5-9-19(20)21)25-24-18-7-3-2-4-8-18/h2-4,7-8,11-12,17,23H,5-6,9-10,13-16H2,1H3. The Bertz CT molecular complexity index is 761. The van der Waals surface area contributed by atoms with E-state index < -0.39 is 0 Å². The van der Waals surface area contributed by atoms with Crippen LogP contribution in [-0.4, -0.2) is 31.1 Å². The summed E-state index contributed by atoms with van der Waals surface area (Å²) >= 11 is 0. The molecule has 4 heteroatoms. The van der Waals surface area contributed by atoms with Gasteiger partial charge in [-0.25, -0.2) is 0 Å². The first kappa shape index (κ1) is 17.2. The third kappa shape index (κ3) is 3.96. The van der Waals surface area contributed by atoms with Gasteiger partial charge in [-0.2, -0.15) is 10.2 Å². The molecule has 1 aliphatic carbocycles. The van der Waals surface area contributed by atoms with Crippen LogP contribution in [0.1, 0.15) is 36.8 Å². The van der Waals surface area contributed by atoms with Gasteiger partial charge in [0, 0.05) is 11.7 Å². The van der Waals surface area contributed by atoms with Crippen LogP contribution in [0, 0.1) is 0 Å². The second-order valence-corrected chi connectivity index (χ2v) is 7.55. The van der Waals surface area contributed by atoms with Crippen LogP contribution in [0.2, 0.25) is 0 Å². The maximum atomic E-state index is 4.58. The summed E-state index contributed by atoms with van der Waals surface area (Å²) in [6.45, 7) is 2.37. The minimum Gasteiger partial charge on any atom is -0.382 e. The van der Waals surface area contributed by atoms with Crippen molar-refractivity contribution < 1.29 is 0 Å². The molecule has 1 fully saturated rings. The molecule has 1 saturated heterocycles. The van der Waals surface area contributed by atoms with Crippen molar-refractivity contribution >= 4 is 17.1 Å². The van der Waals surface area contributed by atoms with Crippen molar-refractivity contribution in [2.75, 3.05) is 25.5 Å². The molecular weight excluding hydrogens is 320 g/mol. The molecule has 0 unspecified atom stereocenters. The van der Waals surface area contributed by atoms with E-state index in [1.807, 2.05) is 30.3 Å². The summed E-state index contributed by atoms with van der Waals surface area (Å²) in [7, 11) is 2.21. The number of nitrogens with one attached hydrogen (secondary N) is 1. The molecule has 0 amide bonds. The van der Waals surface area contributed by atoms with Gasteiger partial charge in [0.1, 0.15) is 0 Å². The highest BCUT2D eigenvalue weighted by Gasteiger charge is 2.21. The first-order chi connectivity index (χ1) is 12.8. The number of azo groups is 1. The topological polar surface area (TPSA) is 40.0 Å². The molecule has 2 aliphatic rings. The van der Waals surface area contributed by atoms with Crippen molar-refractivity contribution in [1.29, 1.82) is 0 Å². The molecular formula is C22H28N4. The van der Waals surface area contributed by atoms with Crippen LogP contribution in [0.15, 0.2) is 52.7 Å². The summed E-state index contributed by atoms with van der Waals surface area (Å²) in [6.07, 6.45) is 7.23. The fraction of sp³-hybridized carbons (Fsp3) is 0.455. The maximum absolute atomic E-state index is 4.58. The molecule has 1 heterocycles. The Morgan fingerprint density at radius 2 is 1.62 bits per heavy atom. The van der Waals surface area contributed by atoms with Crippen molar-refractivity contribution in [3.05, 3.63) is 53.6 Å². The number of hydrogen-bond donors (Lipinski definition) is 1. The van der Waals surface area contributed by atoms with Gasteiger partial charge in [-0.05, 0) is 94.1 Å². The highest BCUT2D eigenvalue weighted by Crippen LogP contribution is 2.36. The second-order valence-electron chi connectivity index (χ2n) is 7.55. The average molecular weight is 348 g/mol. The van der Waals surface area contributed by atoms with E-state index in [0.29, 0.717) is 6.04 Å². The monoisotopic (exact) mass is 348 g/mol. The Kier molecular flexibility index (Phi) is 5.30. The SMILES string of the molecule is CN1CCC(Nc2ccc(N=Nc3ccccc3)c3c2CCCC3)CC1. The minimum absolute atomic E-state index is 0.592. The van der Waals surface area contributed by atoms with Crippen molar-refractivity contribution in [2.45, 2.75) is 44.6 Å². The van der Waals surface area contributed by atoms with Gasteiger partial charge < -0.3 is 10.2 Å². The molecule has 0 atom stereocenters. The average Bonchev–Trinajstić information content (AvgIpc) is 2.70. The third-order valence-corrected chi connectivity index (χ3v) is 5.62. The van der Waals surface area contributed by atoms with Crippen LogP contribution in [-0.2, 0) is 12.8 Å². The molecule has 0 aromatic heterocycles. The number of fused-ring (bicyclic) bond motifs is 1. The molecule has 2 aromatic rings. The molecule has 2 aromatic carbocycles. The third-order valence-electron chi connectivity index (χ3n) is 5.62. The Labute approximate surface area is 156 Å². The van der Waals surface area contributed by atoms with Gasteiger partial charge in [0.05, 0.1) is 11.4 Å². The Hall–Kier alpha value is -2.20. The Morgan fingerprint density at radius 1 is 0.885 bits per heavy atom. The van der Waals surface area contributed by atoms with Gasteiger partial charge in [-0.3, -0.25) is 0 Å². The van der Waals surface area contributed by atoms with Gasteiger partial charge in [-0.1, -0.05) is 18.2 Å². The predicted molar refractivity (Wildman–Crippen MR) is 108 cm³/mol. The first-order valence-corrected chi connectivity index (χ1v) is 9.86. The normalized spacial score (nSPS) is 18.8. The quantitative estimate of drug-likeness (QED) is 0.742. The molecule has 4 nitrogen and oxygen atoms in total. The fourth-order valence-electron chi connectivity index (χ4n) is 4.06. The van der Waals surface area contributed by atoms with Crippen molar-refractivity contribution in [2.24, 2.45) is 10.2 Å². The van der Waals surface area contributed by atoms with Gasteiger partial charge in [0.2, 0.25) is 0 Å². The number of likely N-dealkylation sites (tertiary alicyclic amines) is 1. The minimum atomic E-state index is 0.592. The van der Waals surface area contributed by atoms with E-state index in [-0.39, 0.29) is 0 Å². The number of hydrogen-bond acceptors (Lipinski definition) is 4. The summed E-state index contributed by atoms with van der Waals surface area (Å²) in [4.78, 5) is 2.42. The fourth-order valence-corrected chi connectivity index (χ4v) is 4.06. The highest BCUT2D eigenvalue weighted by molar-refractivity contribution is 5.64. The zero-order chi connectivity index (χ0) is 17.8. The van der Waals surface area contributed by atoms with E-state index in [1.54, 1.807) is 0 Å². The van der Waals surface area contributed by atoms with E-state index in [2.05, 4.69) is 39.6 Å². The summed E-state index contributed by atoms with van der Waals surface area (Å²) in [5, 5.41) is 12.8. The Balaban J connectivity index is 1.57. The molecule has 1 N–H and O–H groups in total. The molecule has 0 saturated carbocycles. The van der Waals surface area contributed by atoms with Gasteiger partial charge in [-0.15, -0.1) is 0 Å².